The van der Waals surface area contributed by atoms with E-state index in [1.54, 1.807) is 12.1 Å². The van der Waals surface area contributed by atoms with E-state index in [2.05, 4.69) is 22.6 Å². The molecule has 0 aliphatic heterocycles. The van der Waals surface area contributed by atoms with Crippen LogP contribution < -0.4 is 4.18 Å². The maximum absolute atomic E-state index is 12.6. The Kier molecular flexibility index (Phi) is 6.16. The van der Waals surface area contributed by atoms with Crippen molar-refractivity contribution < 1.29 is 25.8 Å². The molecule has 0 bridgehead atoms. The number of hydrogen-bond acceptors (Lipinski definition) is 4. The largest absolute Gasteiger partial charge is 0.534 e. The summed E-state index contributed by atoms with van der Waals surface area (Å²) in [5.74, 6) is -0.227. The summed E-state index contributed by atoms with van der Waals surface area (Å²) in [7, 11) is -5.67. The maximum atomic E-state index is 12.6. The zero-order valence-corrected chi connectivity index (χ0v) is 14.9. The van der Waals surface area contributed by atoms with Crippen molar-refractivity contribution in [2.24, 2.45) is 0 Å². The van der Waals surface area contributed by atoms with Crippen molar-refractivity contribution >= 4 is 10.1 Å². The Hall–Kier alpha value is -1.54. The minimum Gasteiger partial charge on any atom is -0.376 e. The summed E-state index contributed by atoms with van der Waals surface area (Å²) in [6.07, 6.45) is 4.71. The van der Waals surface area contributed by atoms with Gasteiger partial charge in [0.2, 0.25) is 0 Å². The van der Waals surface area contributed by atoms with Crippen LogP contribution in [-0.4, -0.2) is 38.0 Å². The quantitative estimate of drug-likeness (QED) is 0.413. The first kappa shape index (κ1) is 19.8. The number of rotatable bonds is 7. The van der Waals surface area contributed by atoms with Crippen LogP contribution in [0.4, 0.5) is 13.2 Å². The van der Waals surface area contributed by atoms with Gasteiger partial charge in [0.05, 0.1) is 0 Å². The third kappa shape index (κ3) is 4.55. The molecule has 1 aromatic carbocycles. The van der Waals surface area contributed by atoms with E-state index in [-0.39, 0.29) is 11.8 Å². The first-order valence-electron chi connectivity index (χ1n) is 8.16. The summed E-state index contributed by atoms with van der Waals surface area (Å²) >= 11 is 0. The van der Waals surface area contributed by atoms with Crippen molar-refractivity contribution in [3.8, 4) is 5.75 Å². The monoisotopic (exact) mass is 377 g/mol. The molecule has 1 aliphatic carbocycles. The third-order valence-electron chi connectivity index (χ3n) is 4.29. The van der Waals surface area contributed by atoms with E-state index >= 15 is 0 Å². The lowest BCUT2D eigenvalue weighted by atomic mass is 9.86. The molecular weight excluding hydrogens is 355 g/mol. The molecule has 1 unspecified atom stereocenters. The topological polar surface area (TPSA) is 46.6 Å². The number of fused-ring (bicyclic) bond motifs is 1. The van der Waals surface area contributed by atoms with Crippen LogP contribution in [0.15, 0.2) is 30.9 Å². The average molecular weight is 377 g/mol. The first-order chi connectivity index (χ1) is 11.7. The number of benzene rings is 1. The van der Waals surface area contributed by atoms with Gasteiger partial charge in [0.1, 0.15) is 5.75 Å². The highest BCUT2D eigenvalue weighted by molar-refractivity contribution is 7.88. The van der Waals surface area contributed by atoms with E-state index in [4.69, 9.17) is 0 Å². The molecule has 0 spiro atoms. The van der Waals surface area contributed by atoms with Gasteiger partial charge in [0.25, 0.3) is 0 Å². The standard InChI is InChI=1S/C17H22F3NO3S/c1-3-10-21(11-4-2)14-9-8-13-6-5-7-16(15(13)12-14)24-25(22,23)17(18,19)20/h3,5-7,14H,1,4,8-12H2,2H3. The summed E-state index contributed by atoms with van der Waals surface area (Å²) < 4.78 is 65.0. The molecule has 1 atom stereocenters. The maximum Gasteiger partial charge on any atom is 0.534 e. The van der Waals surface area contributed by atoms with Crippen LogP contribution in [0.2, 0.25) is 0 Å². The van der Waals surface area contributed by atoms with Gasteiger partial charge in [0.15, 0.2) is 0 Å². The van der Waals surface area contributed by atoms with Gasteiger partial charge in [-0.25, -0.2) is 0 Å². The lowest BCUT2D eigenvalue weighted by Gasteiger charge is -2.35. The normalized spacial score (nSPS) is 18.0. The van der Waals surface area contributed by atoms with Crippen molar-refractivity contribution in [1.82, 2.24) is 4.90 Å². The smallest absolute Gasteiger partial charge is 0.376 e. The molecule has 4 nitrogen and oxygen atoms in total. The highest BCUT2D eigenvalue weighted by Crippen LogP contribution is 2.35. The summed E-state index contributed by atoms with van der Waals surface area (Å²) in [4.78, 5) is 2.21. The SMILES string of the molecule is C=CCN(CCC)C1CCc2cccc(OS(=O)(=O)C(F)(F)F)c2C1. The Bertz CT molecular complexity index is 716. The molecule has 0 amide bonds. The van der Waals surface area contributed by atoms with Crippen LogP contribution in [0.25, 0.3) is 0 Å². The molecule has 140 valence electrons. The summed E-state index contributed by atoms with van der Waals surface area (Å²) in [6.45, 7) is 7.32. The van der Waals surface area contributed by atoms with Crippen LogP contribution in [-0.2, 0) is 23.0 Å². The van der Waals surface area contributed by atoms with Gasteiger partial charge in [-0.05, 0) is 43.9 Å². The summed E-state index contributed by atoms with van der Waals surface area (Å²) in [5, 5.41) is 0. The van der Waals surface area contributed by atoms with Crippen LogP contribution in [0, 0.1) is 0 Å². The van der Waals surface area contributed by atoms with Gasteiger partial charge in [-0.2, -0.15) is 21.6 Å². The zero-order valence-electron chi connectivity index (χ0n) is 14.1. The molecular formula is C17H22F3NO3S. The Balaban J connectivity index is 2.30. The molecule has 1 aliphatic rings. The molecule has 1 aromatic rings. The van der Waals surface area contributed by atoms with Gasteiger partial charge in [0, 0.05) is 18.2 Å². The van der Waals surface area contributed by atoms with Gasteiger partial charge in [-0.3, -0.25) is 4.90 Å². The number of halogens is 3. The zero-order chi connectivity index (χ0) is 18.7. The molecule has 0 saturated heterocycles. The van der Waals surface area contributed by atoms with E-state index in [0.717, 1.165) is 24.9 Å². The second-order valence-electron chi connectivity index (χ2n) is 6.06. The minimum absolute atomic E-state index is 0.115. The van der Waals surface area contributed by atoms with Crippen molar-refractivity contribution in [1.29, 1.82) is 0 Å². The predicted octanol–water partition coefficient (Wildman–Crippen LogP) is 3.67. The van der Waals surface area contributed by atoms with Crippen molar-refractivity contribution in [2.75, 3.05) is 13.1 Å². The Morgan fingerprint density at radius 3 is 2.72 bits per heavy atom. The lowest BCUT2D eigenvalue weighted by Crippen LogP contribution is -2.40. The summed E-state index contributed by atoms with van der Waals surface area (Å²) in [5.41, 5.74) is -4.07. The Morgan fingerprint density at radius 2 is 2.12 bits per heavy atom. The van der Waals surface area contributed by atoms with Gasteiger partial charge in [-0.1, -0.05) is 25.1 Å². The second-order valence-corrected chi connectivity index (χ2v) is 7.60. The molecule has 0 radical (unpaired) electrons. The van der Waals surface area contributed by atoms with Crippen molar-refractivity contribution in [3.63, 3.8) is 0 Å². The van der Waals surface area contributed by atoms with E-state index in [1.165, 1.54) is 12.1 Å². The van der Waals surface area contributed by atoms with Crippen LogP contribution in [0.5, 0.6) is 5.75 Å². The molecule has 0 saturated carbocycles. The fourth-order valence-electron chi connectivity index (χ4n) is 3.17. The van der Waals surface area contributed by atoms with E-state index in [9.17, 15) is 21.6 Å². The Morgan fingerprint density at radius 1 is 1.40 bits per heavy atom. The summed E-state index contributed by atoms with van der Waals surface area (Å²) in [6, 6.07) is 4.72. The van der Waals surface area contributed by atoms with Crippen molar-refractivity contribution in [2.45, 2.75) is 44.2 Å². The van der Waals surface area contributed by atoms with Crippen LogP contribution >= 0.6 is 0 Å². The lowest BCUT2D eigenvalue weighted by molar-refractivity contribution is -0.0500. The molecule has 8 heteroatoms. The van der Waals surface area contributed by atoms with Gasteiger partial charge in [-0.15, -0.1) is 6.58 Å². The predicted molar refractivity (Wildman–Crippen MR) is 89.9 cm³/mol. The van der Waals surface area contributed by atoms with E-state index in [1.807, 2.05) is 0 Å². The van der Waals surface area contributed by atoms with Gasteiger partial charge < -0.3 is 4.18 Å². The third-order valence-corrected chi connectivity index (χ3v) is 5.26. The Labute approximate surface area is 146 Å². The highest BCUT2D eigenvalue weighted by Gasteiger charge is 2.49. The number of alkyl halides is 3. The fraction of sp³-hybridized carbons (Fsp3) is 0.529. The van der Waals surface area contributed by atoms with Gasteiger partial charge >= 0.3 is 15.6 Å². The average Bonchev–Trinajstić information content (AvgIpc) is 2.53. The molecule has 0 fully saturated rings. The van der Waals surface area contributed by atoms with E-state index < -0.39 is 15.6 Å². The molecule has 0 N–H and O–H groups in total. The molecule has 0 aromatic heterocycles. The van der Waals surface area contributed by atoms with Crippen molar-refractivity contribution in [3.05, 3.63) is 42.0 Å². The molecule has 0 heterocycles. The van der Waals surface area contributed by atoms with Crippen LogP contribution in [0.3, 0.4) is 0 Å². The van der Waals surface area contributed by atoms with E-state index in [0.29, 0.717) is 24.9 Å². The fourth-order valence-corrected chi connectivity index (χ4v) is 3.65. The number of hydrogen-bond donors (Lipinski definition) is 0. The second kappa shape index (κ2) is 7.78. The number of nitrogens with zero attached hydrogens (tertiary/aromatic N) is 1. The highest BCUT2D eigenvalue weighted by atomic mass is 32.2. The number of aryl methyl sites for hydroxylation is 1. The minimum atomic E-state index is -5.67. The van der Waals surface area contributed by atoms with Crippen LogP contribution in [0.1, 0.15) is 30.9 Å². The molecule has 2 rings (SSSR count). The molecule has 25 heavy (non-hydrogen) atoms. The first-order valence-corrected chi connectivity index (χ1v) is 9.57.